The van der Waals surface area contributed by atoms with Crippen LogP contribution in [0.3, 0.4) is 0 Å². The van der Waals surface area contributed by atoms with Crippen molar-refractivity contribution in [3.05, 3.63) is 35.9 Å². The summed E-state index contributed by atoms with van der Waals surface area (Å²) in [4.78, 5) is 0. The van der Waals surface area contributed by atoms with Crippen molar-refractivity contribution in [2.75, 3.05) is 19.0 Å². The third-order valence-electron chi connectivity index (χ3n) is 4.88. The number of ether oxygens (including phenoxy) is 2. The van der Waals surface area contributed by atoms with Crippen LogP contribution < -0.4 is 0 Å². The molecule has 0 amide bonds. The Morgan fingerprint density at radius 3 is 1.92 bits per heavy atom. The molecule has 0 N–H and O–H groups in total. The number of rotatable bonds is 16. The summed E-state index contributed by atoms with van der Waals surface area (Å²) in [5.74, 6) is 0.368. The zero-order valence-electron chi connectivity index (χ0n) is 17.2. The van der Waals surface area contributed by atoms with Gasteiger partial charge < -0.3 is 9.47 Å². The molecule has 1 unspecified atom stereocenters. The Kier molecular flexibility index (Phi) is 13.2. The number of hydrogen-bond donors (Lipinski definition) is 1. The third-order valence-corrected chi connectivity index (χ3v) is 5.32. The van der Waals surface area contributed by atoms with Crippen LogP contribution >= 0.6 is 12.6 Å². The summed E-state index contributed by atoms with van der Waals surface area (Å²) in [6.07, 6.45) is 10.9. The normalized spacial score (nSPS) is 13.1. The minimum Gasteiger partial charge on any atom is -0.346 e. The minimum atomic E-state index is -0.668. The molecule has 0 bridgehead atoms. The molecule has 0 fully saturated rings. The number of hydrogen-bond acceptors (Lipinski definition) is 3. The van der Waals surface area contributed by atoms with Crippen LogP contribution in [0.4, 0.5) is 0 Å². The molecule has 0 aliphatic rings. The van der Waals surface area contributed by atoms with Gasteiger partial charge in [0.2, 0.25) is 0 Å². The van der Waals surface area contributed by atoms with E-state index in [0.717, 1.165) is 30.6 Å². The average Bonchev–Trinajstić information content (AvgIpc) is 2.69. The van der Waals surface area contributed by atoms with Crippen molar-refractivity contribution in [1.82, 2.24) is 0 Å². The lowest BCUT2D eigenvalue weighted by atomic mass is 9.87. The average molecular weight is 381 g/mol. The van der Waals surface area contributed by atoms with E-state index in [9.17, 15) is 0 Å². The molecule has 0 heterocycles. The van der Waals surface area contributed by atoms with Gasteiger partial charge in [-0.25, -0.2) is 0 Å². The lowest BCUT2D eigenvalue weighted by molar-refractivity contribution is -0.275. The molecule has 0 saturated carbocycles. The van der Waals surface area contributed by atoms with Crippen molar-refractivity contribution in [3.8, 4) is 0 Å². The van der Waals surface area contributed by atoms with Gasteiger partial charge in [-0.05, 0) is 25.0 Å². The molecule has 2 nitrogen and oxygen atoms in total. The molecule has 0 aliphatic heterocycles. The number of unbranched alkanes of at least 4 members (excludes halogenated alkanes) is 5. The van der Waals surface area contributed by atoms with Crippen LogP contribution in [-0.2, 0) is 15.3 Å². The molecule has 0 aromatic heterocycles. The zero-order chi connectivity index (χ0) is 19.1. The summed E-state index contributed by atoms with van der Waals surface area (Å²) in [6, 6.07) is 10.5. The highest BCUT2D eigenvalue weighted by atomic mass is 32.1. The summed E-state index contributed by atoms with van der Waals surface area (Å²) >= 11 is 4.70. The van der Waals surface area contributed by atoms with Gasteiger partial charge in [0.1, 0.15) is 0 Å². The molecule has 1 atom stereocenters. The topological polar surface area (TPSA) is 18.5 Å². The van der Waals surface area contributed by atoms with Gasteiger partial charge in [-0.1, -0.05) is 89.6 Å². The van der Waals surface area contributed by atoms with Crippen molar-refractivity contribution in [1.29, 1.82) is 0 Å². The fourth-order valence-corrected chi connectivity index (χ4v) is 3.85. The van der Waals surface area contributed by atoms with Gasteiger partial charge >= 0.3 is 0 Å². The van der Waals surface area contributed by atoms with Crippen LogP contribution in [0.1, 0.15) is 84.1 Å². The number of benzene rings is 1. The molecule has 0 radical (unpaired) electrons. The van der Waals surface area contributed by atoms with Crippen LogP contribution in [0, 0.1) is 5.92 Å². The Bertz CT molecular complexity index is 427. The van der Waals surface area contributed by atoms with E-state index in [1.165, 1.54) is 38.5 Å². The van der Waals surface area contributed by atoms with E-state index in [1.54, 1.807) is 0 Å². The van der Waals surface area contributed by atoms with E-state index >= 15 is 0 Å². The van der Waals surface area contributed by atoms with Gasteiger partial charge in [0, 0.05) is 11.5 Å². The van der Waals surface area contributed by atoms with E-state index in [4.69, 9.17) is 22.1 Å². The maximum absolute atomic E-state index is 6.44. The van der Waals surface area contributed by atoms with Crippen molar-refractivity contribution in [2.24, 2.45) is 5.92 Å². The second-order valence-corrected chi connectivity index (χ2v) is 7.53. The first-order valence-electron chi connectivity index (χ1n) is 10.7. The Labute approximate surface area is 167 Å². The van der Waals surface area contributed by atoms with Gasteiger partial charge in [0.05, 0.1) is 13.2 Å². The smallest absolute Gasteiger partial charge is 0.198 e. The van der Waals surface area contributed by atoms with E-state index in [2.05, 4.69) is 51.1 Å². The molecule has 3 heteroatoms. The van der Waals surface area contributed by atoms with Gasteiger partial charge in [0.25, 0.3) is 0 Å². The van der Waals surface area contributed by atoms with E-state index in [-0.39, 0.29) is 5.92 Å². The molecule has 1 aromatic carbocycles. The summed E-state index contributed by atoms with van der Waals surface area (Å²) in [7, 11) is 0. The SMILES string of the molecule is CCCCCCCCC(CS)C(OCCC)(OCCC)c1ccccc1. The highest BCUT2D eigenvalue weighted by molar-refractivity contribution is 7.80. The molecular formula is C23H40O2S. The highest BCUT2D eigenvalue weighted by Crippen LogP contribution is 2.39. The summed E-state index contributed by atoms with van der Waals surface area (Å²) < 4.78 is 12.9. The Balaban J connectivity index is 2.90. The molecule has 26 heavy (non-hydrogen) atoms. The third kappa shape index (κ3) is 7.62. The van der Waals surface area contributed by atoms with Crippen molar-refractivity contribution >= 4 is 12.6 Å². The largest absolute Gasteiger partial charge is 0.346 e. The second kappa shape index (κ2) is 14.5. The van der Waals surface area contributed by atoms with E-state index in [1.807, 2.05) is 0 Å². The first-order chi connectivity index (χ1) is 12.7. The Morgan fingerprint density at radius 2 is 1.38 bits per heavy atom. The summed E-state index contributed by atoms with van der Waals surface area (Å²) in [6.45, 7) is 7.98. The van der Waals surface area contributed by atoms with Gasteiger partial charge in [-0.3, -0.25) is 0 Å². The van der Waals surface area contributed by atoms with E-state index < -0.39 is 5.79 Å². The Morgan fingerprint density at radius 1 is 0.808 bits per heavy atom. The first kappa shape index (κ1) is 23.5. The van der Waals surface area contributed by atoms with Crippen LogP contribution in [0.2, 0.25) is 0 Å². The molecular weight excluding hydrogens is 340 g/mol. The van der Waals surface area contributed by atoms with Gasteiger partial charge in [-0.2, -0.15) is 12.6 Å². The quantitative estimate of drug-likeness (QED) is 0.189. The Hall–Kier alpha value is -0.510. The van der Waals surface area contributed by atoms with Crippen LogP contribution in [0.15, 0.2) is 30.3 Å². The standard InChI is InChI=1S/C23H40O2S/c1-4-7-8-9-10-12-17-22(20-26)23(24-18-5-2,25-19-6-3)21-15-13-11-14-16-21/h11,13-16,22,26H,4-10,12,17-20H2,1-3H3. The van der Waals surface area contributed by atoms with Crippen LogP contribution in [0.25, 0.3) is 0 Å². The summed E-state index contributed by atoms with van der Waals surface area (Å²) in [5, 5.41) is 0. The molecule has 0 spiro atoms. The lowest BCUT2D eigenvalue weighted by Gasteiger charge is -2.40. The highest BCUT2D eigenvalue weighted by Gasteiger charge is 2.41. The minimum absolute atomic E-state index is 0.262. The predicted octanol–water partition coefficient (Wildman–Crippen LogP) is 6.99. The van der Waals surface area contributed by atoms with E-state index in [0.29, 0.717) is 13.2 Å². The molecule has 1 rings (SSSR count). The molecule has 0 aliphatic carbocycles. The van der Waals surface area contributed by atoms with Crippen LogP contribution in [0.5, 0.6) is 0 Å². The van der Waals surface area contributed by atoms with Crippen molar-refractivity contribution in [2.45, 2.75) is 84.3 Å². The van der Waals surface area contributed by atoms with Crippen LogP contribution in [-0.4, -0.2) is 19.0 Å². The first-order valence-corrected chi connectivity index (χ1v) is 11.3. The summed E-state index contributed by atoms with van der Waals surface area (Å²) in [5.41, 5.74) is 1.13. The second-order valence-electron chi connectivity index (χ2n) is 7.17. The molecule has 0 saturated heterocycles. The fraction of sp³-hybridized carbons (Fsp3) is 0.739. The maximum Gasteiger partial charge on any atom is 0.198 e. The maximum atomic E-state index is 6.44. The zero-order valence-corrected chi connectivity index (χ0v) is 18.1. The number of thiol groups is 1. The monoisotopic (exact) mass is 380 g/mol. The molecule has 1 aromatic rings. The van der Waals surface area contributed by atoms with Crippen molar-refractivity contribution in [3.63, 3.8) is 0 Å². The van der Waals surface area contributed by atoms with Crippen molar-refractivity contribution < 1.29 is 9.47 Å². The van der Waals surface area contributed by atoms with Gasteiger partial charge in [-0.15, -0.1) is 0 Å². The predicted molar refractivity (Wildman–Crippen MR) is 116 cm³/mol. The van der Waals surface area contributed by atoms with Gasteiger partial charge in [0.15, 0.2) is 5.79 Å². The lowest BCUT2D eigenvalue weighted by Crippen LogP contribution is -2.42. The molecule has 150 valence electrons. The fourth-order valence-electron chi connectivity index (χ4n) is 3.43.